The highest BCUT2D eigenvalue weighted by Crippen LogP contribution is 2.25. The summed E-state index contributed by atoms with van der Waals surface area (Å²) >= 11 is 0. The maximum atomic E-state index is 11.0. The van der Waals surface area contributed by atoms with Crippen molar-refractivity contribution in [1.29, 1.82) is 0 Å². The van der Waals surface area contributed by atoms with E-state index < -0.39 is 11.8 Å². The smallest absolute Gasteiger partial charge is 0.438 e. The summed E-state index contributed by atoms with van der Waals surface area (Å²) in [5.74, 6) is 0.297. The van der Waals surface area contributed by atoms with Crippen LogP contribution in [0.25, 0.3) is 0 Å². The summed E-state index contributed by atoms with van der Waals surface area (Å²) in [5.41, 5.74) is -0.593. The van der Waals surface area contributed by atoms with Gasteiger partial charge in [0.1, 0.15) is 5.60 Å². The van der Waals surface area contributed by atoms with Crippen LogP contribution in [-0.4, -0.2) is 31.3 Å². The van der Waals surface area contributed by atoms with E-state index in [1.807, 2.05) is 13.8 Å². The van der Waals surface area contributed by atoms with Gasteiger partial charge in [0.25, 0.3) is 0 Å². The zero-order valence-electron chi connectivity index (χ0n) is 9.33. The lowest BCUT2D eigenvalue weighted by Crippen LogP contribution is -2.31. The van der Waals surface area contributed by atoms with Crippen LogP contribution in [0.15, 0.2) is 0 Å². The van der Waals surface area contributed by atoms with Crippen molar-refractivity contribution >= 4 is 12.1 Å². The van der Waals surface area contributed by atoms with Gasteiger partial charge in [-0.1, -0.05) is 0 Å². The Morgan fingerprint density at radius 1 is 1.60 bits per heavy atom. The highest BCUT2D eigenvalue weighted by atomic mass is 16.7. The van der Waals surface area contributed by atoms with Gasteiger partial charge in [-0.25, -0.2) is 4.79 Å². The second-order valence-electron chi connectivity index (χ2n) is 4.39. The number of nitrogens with one attached hydrogen (secondary N) is 1. The molecule has 1 saturated heterocycles. The molecule has 1 fully saturated rings. The van der Waals surface area contributed by atoms with Gasteiger partial charge in [-0.2, -0.15) is 0 Å². The molecule has 0 aromatic rings. The van der Waals surface area contributed by atoms with Crippen LogP contribution < -0.4 is 5.32 Å². The van der Waals surface area contributed by atoms with Crippen molar-refractivity contribution in [1.82, 2.24) is 5.32 Å². The Hall–Kier alpha value is -1.26. The van der Waals surface area contributed by atoms with Gasteiger partial charge < -0.3 is 14.8 Å². The Bertz CT molecular complexity index is 262. The van der Waals surface area contributed by atoms with Crippen LogP contribution in [0.3, 0.4) is 0 Å². The van der Waals surface area contributed by atoms with Crippen molar-refractivity contribution in [3.8, 4) is 0 Å². The molecule has 1 amide bonds. The van der Waals surface area contributed by atoms with Crippen LogP contribution in [0.1, 0.15) is 26.7 Å². The molecule has 1 heterocycles. The summed E-state index contributed by atoms with van der Waals surface area (Å²) in [6.45, 7) is 4.28. The standard InChI is InChI=1S/C10H17NO4/c1-10(2,15-9(13)14-3)5-7-4-8(12)11-6-7/h7H,4-6H2,1-3H3,(H,11,12)/t7-/m1/s1. The lowest BCUT2D eigenvalue weighted by Gasteiger charge is -2.26. The Morgan fingerprint density at radius 3 is 2.73 bits per heavy atom. The van der Waals surface area contributed by atoms with Gasteiger partial charge in [0.05, 0.1) is 7.11 Å². The fourth-order valence-electron chi connectivity index (χ4n) is 1.81. The molecule has 1 rings (SSSR count). The van der Waals surface area contributed by atoms with Crippen LogP contribution in [-0.2, 0) is 14.3 Å². The van der Waals surface area contributed by atoms with Gasteiger partial charge in [0.2, 0.25) is 5.91 Å². The van der Waals surface area contributed by atoms with E-state index in [-0.39, 0.29) is 11.8 Å². The number of ether oxygens (including phenoxy) is 2. The van der Waals surface area contributed by atoms with Gasteiger partial charge in [-0.3, -0.25) is 4.79 Å². The minimum absolute atomic E-state index is 0.0638. The zero-order valence-corrected chi connectivity index (χ0v) is 9.33. The van der Waals surface area contributed by atoms with Crippen LogP contribution in [0.2, 0.25) is 0 Å². The zero-order chi connectivity index (χ0) is 11.5. The fourth-order valence-corrected chi connectivity index (χ4v) is 1.81. The molecule has 1 aliphatic heterocycles. The first kappa shape index (κ1) is 11.8. The summed E-state index contributed by atoms with van der Waals surface area (Å²) in [6, 6.07) is 0. The average molecular weight is 215 g/mol. The predicted molar refractivity (Wildman–Crippen MR) is 53.3 cm³/mol. The molecule has 0 unspecified atom stereocenters. The molecule has 0 aliphatic carbocycles. The molecular weight excluding hydrogens is 198 g/mol. The minimum atomic E-state index is -0.683. The highest BCUT2D eigenvalue weighted by Gasteiger charge is 2.31. The second-order valence-corrected chi connectivity index (χ2v) is 4.39. The van der Waals surface area contributed by atoms with Crippen molar-refractivity contribution < 1.29 is 19.1 Å². The van der Waals surface area contributed by atoms with Crippen LogP contribution in [0, 0.1) is 5.92 Å². The van der Waals surface area contributed by atoms with Crippen molar-refractivity contribution in [2.75, 3.05) is 13.7 Å². The van der Waals surface area contributed by atoms with Crippen molar-refractivity contribution in [2.45, 2.75) is 32.3 Å². The molecule has 1 aliphatic rings. The predicted octanol–water partition coefficient (Wildman–Crippen LogP) is 1.07. The summed E-state index contributed by atoms with van der Waals surface area (Å²) in [7, 11) is 1.28. The number of amides is 1. The van der Waals surface area contributed by atoms with E-state index in [0.717, 1.165) is 0 Å². The molecule has 86 valence electrons. The SMILES string of the molecule is COC(=O)OC(C)(C)C[C@@H]1CNC(=O)C1. The normalized spacial score (nSPS) is 21.0. The second kappa shape index (κ2) is 4.51. The third-order valence-corrected chi connectivity index (χ3v) is 2.37. The Morgan fingerprint density at radius 2 is 2.27 bits per heavy atom. The first-order valence-electron chi connectivity index (χ1n) is 4.96. The topological polar surface area (TPSA) is 64.6 Å². The Labute approximate surface area is 89.1 Å². The van der Waals surface area contributed by atoms with E-state index in [4.69, 9.17) is 4.74 Å². The van der Waals surface area contributed by atoms with Crippen LogP contribution >= 0.6 is 0 Å². The minimum Gasteiger partial charge on any atom is -0.438 e. The maximum Gasteiger partial charge on any atom is 0.508 e. The molecule has 0 bridgehead atoms. The van der Waals surface area contributed by atoms with E-state index >= 15 is 0 Å². The molecule has 0 saturated carbocycles. The molecule has 0 spiro atoms. The van der Waals surface area contributed by atoms with Crippen molar-refractivity contribution in [3.05, 3.63) is 0 Å². The molecule has 5 heteroatoms. The first-order valence-corrected chi connectivity index (χ1v) is 4.96. The third-order valence-electron chi connectivity index (χ3n) is 2.37. The number of carbonyl (C=O) groups is 2. The molecule has 5 nitrogen and oxygen atoms in total. The van der Waals surface area contributed by atoms with E-state index in [1.54, 1.807) is 0 Å². The third kappa shape index (κ3) is 3.77. The molecule has 1 atom stereocenters. The van der Waals surface area contributed by atoms with Gasteiger partial charge >= 0.3 is 6.16 Å². The molecule has 0 radical (unpaired) electrons. The van der Waals surface area contributed by atoms with Crippen LogP contribution in [0.5, 0.6) is 0 Å². The Kier molecular flexibility index (Phi) is 3.55. The van der Waals surface area contributed by atoms with Crippen molar-refractivity contribution in [2.24, 2.45) is 5.92 Å². The lowest BCUT2D eigenvalue weighted by atomic mass is 9.93. The first-order chi connectivity index (χ1) is 6.93. The molecule has 1 N–H and O–H groups in total. The van der Waals surface area contributed by atoms with Crippen LogP contribution in [0.4, 0.5) is 4.79 Å². The number of carbonyl (C=O) groups excluding carboxylic acids is 2. The largest absolute Gasteiger partial charge is 0.508 e. The van der Waals surface area contributed by atoms with E-state index in [9.17, 15) is 9.59 Å². The number of rotatable bonds is 3. The Balaban J connectivity index is 2.41. The number of methoxy groups -OCH3 is 1. The van der Waals surface area contributed by atoms with E-state index in [1.165, 1.54) is 7.11 Å². The lowest BCUT2D eigenvalue weighted by molar-refractivity contribution is -0.119. The maximum absolute atomic E-state index is 11.0. The van der Waals surface area contributed by atoms with E-state index in [2.05, 4.69) is 10.1 Å². The summed E-state index contributed by atoms with van der Waals surface area (Å²) in [4.78, 5) is 21.9. The quantitative estimate of drug-likeness (QED) is 0.715. The van der Waals surface area contributed by atoms with Crippen molar-refractivity contribution in [3.63, 3.8) is 0 Å². The molecule has 15 heavy (non-hydrogen) atoms. The average Bonchev–Trinajstić information content (AvgIpc) is 2.49. The number of hydrogen-bond acceptors (Lipinski definition) is 4. The highest BCUT2D eigenvalue weighted by molar-refractivity contribution is 5.78. The molecule has 0 aromatic heterocycles. The number of hydrogen-bond donors (Lipinski definition) is 1. The van der Waals surface area contributed by atoms with Gasteiger partial charge in [0.15, 0.2) is 0 Å². The molecular formula is C10H17NO4. The van der Waals surface area contributed by atoms with Gasteiger partial charge in [-0.05, 0) is 26.2 Å². The van der Waals surface area contributed by atoms with E-state index in [0.29, 0.717) is 19.4 Å². The summed E-state index contributed by atoms with van der Waals surface area (Å²) in [6.07, 6.45) is 0.478. The molecule has 0 aromatic carbocycles. The summed E-state index contributed by atoms with van der Waals surface area (Å²) in [5, 5.41) is 2.75. The monoisotopic (exact) mass is 215 g/mol. The van der Waals surface area contributed by atoms with Gasteiger partial charge in [0, 0.05) is 13.0 Å². The summed E-state index contributed by atoms with van der Waals surface area (Å²) < 4.78 is 9.51. The fraction of sp³-hybridized carbons (Fsp3) is 0.800. The van der Waals surface area contributed by atoms with Gasteiger partial charge in [-0.15, -0.1) is 0 Å².